The van der Waals surface area contributed by atoms with Crippen LogP contribution in [0.25, 0.3) is 0 Å². The Balaban J connectivity index is 2.20. The molecule has 1 aromatic rings. The quantitative estimate of drug-likeness (QED) is 0.854. The van der Waals surface area contributed by atoms with Crippen molar-refractivity contribution in [3.8, 4) is 5.75 Å². The summed E-state index contributed by atoms with van der Waals surface area (Å²) in [6.07, 6.45) is 1.49. The fourth-order valence-corrected chi connectivity index (χ4v) is 2.61. The first-order valence-electron chi connectivity index (χ1n) is 6.13. The van der Waals surface area contributed by atoms with E-state index in [4.69, 9.17) is 4.74 Å². The molecule has 3 heteroatoms. The van der Waals surface area contributed by atoms with Gasteiger partial charge in [-0.15, -0.1) is 0 Å². The number of nitrogens with zero attached hydrogens (tertiary/aromatic N) is 1. The van der Waals surface area contributed by atoms with E-state index in [2.05, 4.69) is 30.9 Å². The maximum absolute atomic E-state index is 9.74. The molecule has 1 atom stereocenters. The van der Waals surface area contributed by atoms with E-state index in [1.54, 1.807) is 7.11 Å². The van der Waals surface area contributed by atoms with Crippen LogP contribution in [0.5, 0.6) is 5.75 Å². The van der Waals surface area contributed by atoms with Crippen LogP contribution in [0.1, 0.15) is 26.7 Å². The highest BCUT2D eigenvalue weighted by Gasteiger charge is 2.33. The van der Waals surface area contributed by atoms with Gasteiger partial charge in [0.1, 0.15) is 5.75 Å². The van der Waals surface area contributed by atoms with Crippen LogP contribution in [0.15, 0.2) is 24.3 Å². The average molecular weight is 235 g/mol. The summed E-state index contributed by atoms with van der Waals surface area (Å²) in [4.78, 5) is 2.36. The topological polar surface area (TPSA) is 32.7 Å². The molecule has 0 spiro atoms. The molecule has 1 aromatic carbocycles. The lowest BCUT2D eigenvalue weighted by Gasteiger charge is -2.46. The number of hydrogen-bond donors (Lipinski definition) is 1. The number of aliphatic hydroxyl groups excluding tert-OH is 1. The third kappa shape index (κ3) is 2.55. The zero-order chi connectivity index (χ0) is 12.5. The van der Waals surface area contributed by atoms with Gasteiger partial charge in [0.05, 0.1) is 13.2 Å². The minimum atomic E-state index is -0.167. The average Bonchev–Trinajstić information content (AvgIpc) is 2.28. The van der Waals surface area contributed by atoms with Crippen molar-refractivity contribution in [3.63, 3.8) is 0 Å². The van der Waals surface area contributed by atoms with Gasteiger partial charge in [-0.05, 0) is 51.0 Å². The van der Waals surface area contributed by atoms with Crippen LogP contribution in [0.3, 0.4) is 0 Å². The molecule has 0 amide bonds. The molecule has 94 valence electrons. The second-order valence-corrected chi connectivity index (χ2v) is 5.31. The number of piperidine rings is 1. The first-order valence-corrected chi connectivity index (χ1v) is 6.13. The van der Waals surface area contributed by atoms with Crippen LogP contribution >= 0.6 is 0 Å². The molecule has 1 N–H and O–H groups in total. The summed E-state index contributed by atoms with van der Waals surface area (Å²) in [7, 11) is 1.68. The van der Waals surface area contributed by atoms with Crippen LogP contribution in [-0.4, -0.2) is 30.4 Å². The molecule has 3 nitrogen and oxygen atoms in total. The van der Waals surface area contributed by atoms with Gasteiger partial charge < -0.3 is 14.7 Å². The van der Waals surface area contributed by atoms with Crippen LogP contribution in [0, 0.1) is 0 Å². The van der Waals surface area contributed by atoms with Crippen molar-refractivity contribution in [1.29, 1.82) is 0 Å². The van der Waals surface area contributed by atoms with E-state index in [-0.39, 0.29) is 11.6 Å². The van der Waals surface area contributed by atoms with E-state index < -0.39 is 0 Å². The third-order valence-electron chi connectivity index (χ3n) is 3.54. The molecule has 1 aliphatic heterocycles. The standard InChI is InChI=1S/C14H21NO2/c1-14(2)10-12(16)8-9-15(14)11-4-6-13(17-3)7-5-11/h4-7,12,16H,8-10H2,1-3H3. The van der Waals surface area contributed by atoms with E-state index in [1.165, 1.54) is 5.69 Å². The fourth-order valence-electron chi connectivity index (χ4n) is 2.61. The lowest BCUT2D eigenvalue weighted by atomic mass is 9.88. The number of anilines is 1. The Labute approximate surface area is 103 Å². The van der Waals surface area contributed by atoms with Crippen molar-refractivity contribution < 1.29 is 9.84 Å². The van der Waals surface area contributed by atoms with Gasteiger partial charge >= 0.3 is 0 Å². The zero-order valence-electron chi connectivity index (χ0n) is 10.8. The van der Waals surface area contributed by atoms with Crippen LogP contribution < -0.4 is 9.64 Å². The van der Waals surface area contributed by atoms with Gasteiger partial charge in [0.25, 0.3) is 0 Å². The molecule has 1 aliphatic rings. The Bertz CT molecular complexity index is 372. The predicted molar refractivity (Wildman–Crippen MR) is 69.7 cm³/mol. The molecule has 0 saturated carbocycles. The third-order valence-corrected chi connectivity index (χ3v) is 3.54. The van der Waals surface area contributed by atoms with E-state index in [0.29, 0.717) is 0 Å². The lowest BCUT2D eigenvalue weighted by molar-refractivity contribution is 0.107. The van der Waals surface area contributed by atoms with Crippen molar-refractivity contribution >= 4 is 5.69 Å². The van der Waals surface area contributed by atoms with Crippen molar-refractivity contribution in [2.24, 2.45) is 0 Å². The molecular weight excluding hydrogens is 214 g/mol. The second kappa shape index (κ2) is 4.57. The largest absolute Gasteiger partial charge is 0.497 e. The molecular formula is C14H21NO2. The highest BCUT2D eigenvalue weighted by Crippen LogP contribution is 2.33. The molecule has 0 bridgehead atoms. The number of ether oxygens (including phenoxy) is 1. The van der Waals surface area contributed by atoms with Crippen LogP contribution in [-0.2, 0) is 0 Å². The van der Waals surface area contributed by atoms with Gasteiger partial charge in [0.15, 0.2) is 0 Å². The number of hydrogen-bond acceptors (Lipinski definition) is 3. The van der Waals surface area contributed by atoms with Gasteiger partial charge in [-0.1, -0.05) is 0 Å². The SMILES string of the molecule is COc1ccc(N2CCC(O)CC2(C)C)cc1. The molecule has 0 aromatic heterocycles. The Kier molecular flexibility index (Phi) is 3.29. The van der Waals surface area contributed by atoms with E-state index >= 15 is 0 Å². The number of benzene rings is 1. The monoisotopic (exact) mass is 235 g/mol. The number of methoxy groups -OCH3 is 1. The summed E-state index contributed by atoms with van der Waals surface area (Å²) in [6, 6.07) is 8.13. The molecule has 1 saturated heterocycles. The van der Waals surface area contributed by atoms with Gasteiger partial charge in [-0.25, -0.2) is 0 Å². The van der Waals surface area contributed by atoms with Gasteiger partial charge in [0.2, 0.25) is 0 Å². The molecule has 1 heterocycles. The summed E-state index contributed by atoms with van der Waals surface area (Å²) in [6.45, 7) is 5.26. The molecule has 1 fully saturated rings. The van der Waals surface area contributed by atoms with Crippen molar-refractivity contribution in [3.05, 3.63) is 24.3 Å². The molecule has 17 heavy (non-hydrogen) atoms. The normalized spacial score (nSPS) is 23.5. The van der Waals surface area contributed by atoms with E-state index in [0.717, 1.165) is 25.1 Å². The highest BCUT2D eigenvalue weighted by molar-refractivity contribution is 5.51. The van der Waals surface area contributed by atoms with E-state index in [1.807, 2.05) is 12.1 Å². The molecule has 2 rings (SSSR count). The maximum Gasteiger partial charge on any atom is 0.119 e. The zero-order valence-corrected chi connectivity index (χ0v) is 10.8. The Hall–Kier alpha value is -1.22. The van der Waals surface area contributed by atoms with Gasteiger partial charge in [0, 0.05) is 17.8 Å². The number of aliphatic hydroxyl groups is 1. The van der Waals surface area contributed by atoms with Crippen molar-refractivity contribution in [1.82, 2.24) is 0 Å². The molecule has 1 unspecified atom stereocenters. The van der Waals surface area contributed by atoms with E-state index in [9.17, 15) is 5.11 Å². The summed E-state index contributed by atoms with van der Waals surface area (Å²) in [5, 5.41) is 9.74. The first-order chi connectivity index (χ1) is 8.03. The lowest BCUT2D eigenvalue weighted by Crippen LogP contribution is -2.51. The highest BCUT2D eigenvalue weighted by atomic mass is 16.5. The van der Waals surface area contributed by atoms with Crippen molar-refractivity contribution in [2.45, 2.75) is 38.3 Å². The molecule has 0 aliphatic carbocycles. The Morgan fingerprint density at radius 1 is 1.29 bits per heavy atom. The van der Waals surface area contributed by atoms with Crippen LogP contribution in [0.4, 0.5) is 5.69 Å². The minimum absolute atomic E-state index is 0.00621. The summed E-state index contributed by atoms with van der Waals surface area (Å²) >= 11 is 0. The summed E-state index contributed by atoms with van der Waals surface area (Å²) < 4.78 is 5.17. The summed E-state index contributed by atoms with van der Waals surface area (Å²) in [5.41, 5.74) is 1.20. The Morgan fingerprint density at radius 3 is 2.47 bits per heavy atom. The molecule has 0 radical (unpaired) electrons. The smallest absolute Gasteiger partial charge is 0.119 e. The predicted octanol–water partition coefficient (Wildman–Crippen LogP) is 2.43. The van der Waals surface area contributed by atoms with Gasteiger partial charge in [-0.3, -0.25) is 0 Å². The fraction of sp³-hybridized carbons (Fsp3) is 0.571. The first kappa shape index (κ1) is 12.2. The van der Waals surface area contributed by atoms with Gasteiger partial charge in [-0.2, -0.15) is 0 Å². The van der Waals surface area contributed by atoms with Crippen LogP contribution in [0.2, 0.25) is 0 Å². The maximum atomic E-state index is 9.74. The minimum Gasteiger partial charge on any atom is -0.497 e. The van der Waals surface area contributed by atoms with Crippen molar-refractivity contribution in [2.75, 3.05) is 18.6 Å². The Morgan fingerprint density at radius 2 is 1.94 bits per heavy atom. The second-order valence-electron chi connectivity index (χ2n) is 5.31. The summed E-state index contributed by atoms with van der Waals surface area (Å²) in [5.74, 6) is 0.878. The number of rotatable bonds is 2.